The minimum absolute atomic E-state index is 0.273. The van der Waals surface area contributed by atoms with Crippen LogP contribution in [0.1, 0.15) is 11.3 Å². The molecule has 3 rings (SSSR count). The van der Waals surface area contributed by atoms with Crippen molar-refractivity contribution in [1.29, 1.82) is 0 Å². The van der Waals surface area contributed by atoms with E-state index in [1.165, 1.54) is 12.1 Å². The molecule has 0 aliphatic heterocycles. The first-order valence-corrected chi connectivity index (χ1v) is 8.06. The summed E-state index contributed by atoms with van der Waals surface area (Å²) in [6.45, 7) is 1.90. The Bertz CT molecular complexity index is 861. The molecule has 0 fully saturated rings. The van der Waals surface area contributed by atoms with Gasteiger partial charge < -0.3 is 0 Å². The van der Waals surface area contributed by atoms with Crippen LogP contribution in [0.5, 0.6) is 0 Å². The summed E-state index contributed by atoms with van der Waals surface area (Å²) in [4.78, 5) is 8.92. The lowest BCUT2D eigenvalue weighted by atomic mass is 10.2. The molecule has 4 nitrogen and oxygen atoms in total. The molecule has 0 aliphatic rings. The van der Waals surface area contributed by atoms with E-state index in [0.717, 1.165) is 21.3 Å². The third-order valence-corrected chi connectivity index (χ3v) is 3.75. The van der Waals surface area contributed by atoms with Gasteiger partial charge >= 0.3 is 0 Å². The van der Waals surface area contributed by atoms with E-state index in [4.69, 9.17) is 0 Å². The molecule has 120 valence electrons. The van der Waals surface area contributed by atoms with Crippen LogP contribution in [0.15, 0.2) is 64.2 Å². The number of halogens is 2. The van der Waals surface area contributed by atoms with Crippen molar-refractivity contribution in [3.8, 4) is 11.4 Å². The highest BCUT2D eigenvalue weighted by atomic mass is 79.9. The van der Waals surface area contributed by atoms with E-state index < -0.39 is 0 Å². The molecule has 1 heterocycles. The minimum atomic E-state index is -0.273. The Labute approximate surface area is 147 Å². The predicted octanol–water partition coefficient (Wildman–Crippen LogP) is 4.80. The van der Waals surface area contributed by atoms with Crippen molar-refractivity contribution in [3.05, 3.63) is 76.1 Å². The SMILES string of the molecule is Cc1cc(N/N=C\c2ccc(F)cc2)nc(-c2ccc(Br)cc2)n1. The third-order valence-electron chi connectivity index (χ3n) is 3.22. The van der Waals surface area contributed by atoms with E-state index in [9.17, 15) is 4.39 Å². The van der Waals surface area contributed by atoms with Crippen molar-refractivity contribution in [1.82, 2.24) is 9.97 Å². The van der Waals surface area contributed by atoms with E-state index in [2.05, 4.69) is 36.4 Å². The van der Waals surface area contributed by atoms with Crippen molar-refractivity contribution in [2.24, 2.45) is 5.10 Å². The van der Waals surface area contributed by atoms with Gasteiger partial charge in [-0.3, -0.25) is 5.43 Å². The van der Waals surface area contributed by atoms with Gasteiger partial charge in [-0.2, -0.15) is 5.10 Å². The fraction of sp³-hybridized carbons (Fsp3) is 0.0556. The van der Waals surface area contributed by atoms with Gasteiger partial charge in [-0.05, 0) is 36.8 Å². The Hall–Kier alpha value is -2.60. The van der Waals surface area contributed by atoms with Crippen LogP contribution in [0.4, 0.5) is 10.2 Å². The van der Waals surface area contributed by atoms with Gasteiger partial charge in [0, 0.05) is 21.8 Å². The summed E-state index contributed by atoms with van der Waals surface area (Å²) in [5, 5.41) is 4.14. The molecule has 0 spiro atoms. The Morgan fingerprint density at radius 2 is 1.75 bits per heavy atom. The van der Waals surface area contributed by atoms with Crippen molar-refractivity contribution < 1.29 is 4.39 Å². The Morgan fingerprint density at radius 3 is 2.46 bits per heavy atom. The van der Waals surface area contributed by atoms with Gasteiger partial charge in [0.15, 0.2) is 11.6 Å². The minimum Gasteiger partial charge on any atom is -0.261 e. The number of aromatic nitrogens is 2. The quantitative estimate of drug-likeness (QED) is 0.519. The fourth-order valence-electron chi connectivity index (χ4n) is 2.08. The van der Waals surface area contributed by atoms with Crippen LogP contribution >= 0.6 is 15.9 Å². The van der Waals surface area contributed by atoms with Crippen LogP contribution in [0, 0.1) is 12.7 Å². The standard InChI is InChI=1S/C18H14BrFN4/c1-12-10-17(24-21-11-13-2-8-16(20)9-3-13)23-18(22-12)14-4-6-15(19)7-5-14/h2-11H,1H3,(H,22,23,24)/b21-11-. The molecule has 0 atom stereocenters. The molecular weight excluding hydrogens is 371 g/mol. The van der Waals surface area contributed by atoms with Crippen molar-refractivity contribution >= 4 is 28.0 Å². The number of benzene rings is 2. The summed E-state index contributed by atoms with van der Waals surface area (Å²) in [6, 6.07) is 15.7. The fourth-order valence-corrected chi connectivity index (χ4v) is 2.34. The zero-order valence-corrected chi connectivity index (χ0v) is 14.5. The molecule has 0 saturated carbocycles. The first-order valence-electron chi connectivity index (χ1n) is 7.26. The van der Waals surface area contributed by atoms with E-state index in [0.29, 0.717) is 11.6 Å². The van der Waals surface area contributed by atoms with E-state index in [-0.39, 0.29) is 5.82 Å². The van der Waals surface area contributed by atoms with Gasteiger partial charge in [0.25, 0.3) is 0 Å². The maximum Gasteiger partial charge on any atom is 0.161 e. The predicted molar refractivity (Wildman–Crippen MR) is 97.5 cm³/mol. The molecule has 3 aromatic rings. The van der Waals surface area contributed by atoms with E-state index in [1.807, 2.05) is 37.3 Å². The smallest absolute Gasteiger partial charge is 0.161 e. The topological polar surface area (TPSA) is 50.2 Å². The second kappa shape index (κ2) is 7.31. The molecule has 0 unspecified atom stereocenters. The average Bonchev–Trinajstić information content (AvgIpc) is 2.57. The summed E-state index contributed by atoms with van der Waals surface area (Å²) >= 11 is 3.41. The first kappa shape index (κ1) is 16.3. The van der Waals surface area contributed by atoms with E-state index >= 15 is 0 Å². The molecule has 1 aromatic heterocycles. The number of rotatable bonds is 4. The van der Waals surface area contributed by atoms with E-state index in [1.54, 1.807) is 18.3 Å². The summed E-state index contributed by atoms with van der Waals surface area (Å²) in [7, 11) is 0. The first-order chi connectivity index (χ1) is 11.6. The van der Waals surface area contributed by atoms with Gasteiger partial charge in [-0.15, -0.1) is 0 Å². The van der Waals surface area contributed by atoms with Crippen LogP contribution in [-0.2, 0) is 0 Å². The highest BCUT2D eigenvalue weighted by Crippen LogP contribution is 2.20. The molecule has 24 heavy (non-hydrogen) atoms. The molecule has 0 radical (unpaired) electrons. The maximum absolute atomic E-state index is 12.9. The summed E-state index contributed by atoms with van der Waals surface area (Å²) < 4.78 is 13.9. The average molecular weight is 385 g/mol. The molecule has 2 aromatic carbocycles. The molecule has 0 bridgehead atoms. The van der Waals surface area contributed by atoms with Gasteiger partial charge in [0.1, 0.15) is 5.82 Å². The molecule has 0 amide bonds. The number of anilines is 1. The van der Waals surface area contributed by atoms with Crippen LogP contribution in [0.25, 0.3) is 11.4 Å². The normalized spacial score (nSPS) is 11.0. The van der Waals surface area contributed by atoms with Crippen LogP contribution in [0.3, 0.4) is 0 Å². The third kappa shape index (κ3) is 4.23. The lowest BCUT2D eigenvalue weighted by Crippen LogP contribution is -1.99. The highest BCUT2D eigenvalue weighted by Gasteiger charge is 2.04. The number of hydrazone groups is 1. The molecule has 0 aliphatic carbocycles. The molecular formula is C18H14BrFN4. The van der Waals surface area contributed by atoms with Gasteiger partial charge in [0.2, 0.25) is 0 Å². The Balaban J connectivity index is 1.78. The van der Waals surface area contributed by atoms with Gasteiger partial charge in [-0.25, -0.2) is 14.4 Å². The van der Waals surface area contributed by atoms with Crippen LogP contribution in [0.2, 0.25) is 0 Å². The monoisotopic (exact) mass is 384 g/mol. The van der Waals surface area contributed by atoms with Crippen molar-refractivity contribution in [2.75, 3.05) is 5.43 Å². The number of nitrogens with zero attached hydrogens (tertiary/aromatic N) is 3. The number of hydrogen-bond donors (Lipinski definition) is 1. The lowest BCUT2D eigenvalue weighted by molar-refractivity contribution is 0.628. The summed E-state index contributed by atoms with van der Waals surface area (Å²) in [5.41, 5.74) is 5.44. The van der Waals surface area contributed by atoms with Crippen LogP contribution < -0.4 is 5.43 Å². The zero-order chi connectivity index (χ0) is 16.9. The summed E-state index contributed by atoms with van der Waals surface area (Å²) in [6.07, 6.45) is 1.61. The zero-order valence-electron chi connectivity index (χ0n) is 12.9. The second-order valence-electron chi connectivity index (χ2n) is 5.15. The van der Waals surface area contributed by atoms with Gasteiger partial charge in [0.05, 0.1) is 6.21 Å². The maximum atomic E-state index is 12.9. The Morgan fingerprint density at radius 1 is 1.04 bits per heavy atom. The number of aryl methyl sites for hydroxylation is 1. The molecule has 0 saturated heterocycles. The molecule has 6 heteroatoms. The highest BCUT2D eigenvalue weighted by molar-refractivity contribution is 9.10. The second-order valence-corrected chi connectivity index (χ2v) is 6.06. The largest absolute Gasteiger partial charge is 0.261 e. The van der Waals surface area contributed by atoms with Crippen molar-refractivity contribution in [2.45, 2.75) is 6.92 Å². The Kier molecular flexibility index (Phi) is 4.96. The van der Waals surface area contributed by atoms with Crippen molar-refractivity contribution in [3.63, 3.8) is 0 Å². The number of hydrogen-bond acceptors (Lipinski definition) is 4. The van der Waals surface area contributed by atoms with Crippen LogP contribution in [-0.4, -0.2) is 16.2 Å². The molecule has 1 N–H and O–H groups in total. The lowest BCUT2D eigenvalue weighted by Gasteiger charge is -2.05. The number of nitrogens with one attached hydrogen (secondary N) is 1. The summed E-state index contributed by atoms with van der Waals surface area (Å²) in [5.74, 6) is 0.950. The van der Waals surface area contributed by atoms with Gasteiger partial charge in [-0.1, -0.05) is 40.2 Å².